The maximum Gasteiger partial charge on any atom is 0.248 e. The fraction of sp³-hybridized carbons (Fsp3) is 0.182. The molecule has 1 heterocycles. The van der Waals surface area contributed by atoms with Gasteiger partial charge in [-0.1, -0.05) is 12.1 Å². The monoisotopic (exact) mass is 410 g/mol. The predicted octanol–water partition coefficient (Wildman–Crippen LogP) is 3.09. The number of amides is 1. The summed E-state index contributed by atoms with van der Waals surface area (Å²) in [6, 6.07) is 15.8. The van der Waals surface area contributed by atoms with Crippen LogP contribution in [0.2, 0.25) is 0 Å². The van der Waals surface area contributed by atoms with Crippen LogP contribution >= 0.6 is 0 Å². The number of benzene rings is 2. The Kier molecular flexibility index (Phi) is 5.70. The van der Waals surface area contributed by atoms with Crippen LogP contribution in [0, 0.1) is 6.92 Å². The van der Waals surface area contributed by atoms with Crippen molar-refractivity contribution in [2.45, 2.75) is 24.7 Å². The van der Waals surface area contributed by atoms with Gasteiger partial charge >= 0.3 is 0 Å². The smallest absolute Gasteiger partial charge is 0.248 e. The number of aldehydes is 1. The van der Waals surface area contributed by atoms with E-state index >= 15 is 0 Å². The summed E-state index contributed by atoms with van der Waals surface area (Å²) in [6.45, 7) is 1.89. The van der Waals surface area contributed by atoms with Crippen molar-refractivity contribution in [2.75, 3.05) is 6.26 Å². The summed E-state index contributed by atoms with van der Waals surface area (Å²) in [5.41, 5.74) is 10.2. The van der Waals surface area contributed by atoms with E-state index in [0.29, 0.717) is 18.4 Å². The highest BCUT2D eigenvalue weighted by molar-refractivity contribution is 7.90. The molecule has 1 amide bonds. The number of aromatic nitrogens is 1. The minimum atomic E-state index is -3.28. The maximum absolute atomic E-state index is 11.7. The predicted molar refractivity (Wildman–Crippen MR) is 112 cm³/mol. The first-order valence-corrected chi connectivity index (χ1v) is 11.0. The number of hydrogen-bond acceptors (Lipinski definition) is 4. The fourth-order valence-electron chi connectivity index (χ4n) is 3.32. The molecule has 0 aliphatic rings. The lowest BCUT2D eigenvalue weighted by atomic mass is 10.1. The molecule has 0 spiro atoms. The van der Waals surface area contributed by atoms with Crippen molar-refractivity contribution < 1.29 is 18.0 Å². The molecular formula is C22H22N2O4S. The number of hydrogen-bond donors (Lipinski definition) is 1. The van der Waals surface area contributed by atoms with Crippen LogP contribution in [0.5, 0.6) is 0 Å². The van der Waals surface area contributed by atoms with Gasteiger partial charge in [-0.3, -0.25) is 4.79 Å². The Morgan fingerprint density at radius 2 is 1.76 bits per heavy atom. The van der Waals surface area contributed by atoms with Gasteiger partial charge < -0.3 is 15.1 Å². The average molecular weight is 410 g/mol. The molecule has 29 heavy (non-hydrogen) atoms. The van der Waals surface area contributed by atoms with E-state index in [0.717, 1.165) is 34.5 Å². The lowest BCUT2D eigenvalue weighted by Crippen LogP contribution is -2.12. The largest absolute Gasteiger partial charge is 0.366 e. The number of nitrogens with zero attached hydrogens (tertiary/aromatic N) is 1. The Bertz CT molecular complexity index is 1180. The van der Waals surface area contributed by atoms with Gasteiger partial charge in [0.1, 0.15) is 6.29 Å². The van der Waals surface area contributed by atoms with Crippen LogP contribution in [-0.2, 0) is 21.1 Å². The zero-order valence-corrected chi connectivity index (χ0v) is 17.1. The molecular weight excluding hydrogens is 388 g/mol. The second-order valence-electron chi connectivity index (χ2n) is 6.91. The number of aryl methyl sites for hydroxylation is 2. The minimum absolute atomic E-state index is 0.252. The second-order valence-corrected chi connectivity index (χ2v) is 8.93. The lowest BCUT2D eigenvalue weighted by Gasteiger charge is -2.17. The van der Waals surface area contributed by atoms with Crippen LogP contribution in [0.25, 0.3) is 16.9 Å². The normalized spacial score (nSPS) is 11.4. The van der Waals surface area contributed by atoms with Crippen molar-refractivity contribution in [1.29, 1.82) is 0 Å². The van der Waals surface area contributed by atoms with Crippen molar-refractivity contribution in [3.8, 4) is 16.9 Å². The number of carbonyl (C=O) groups is 2. The number of sulfone groups is 1. The van der Waals surface area contributed by atoms with Crippen LogP contribution in [0.1, 0.15) is 28.0 Å². The summed E-state index contributed by atoms with van der Waals surface area (Å²) >= 11 is 0. The van der Waals surface area contributed by atoms with E-state index in [1.165, 1.54) is 6.26 Å². The van der Waals surface area contributed by atoms with E-state index in [1.807, 2.05) is 29.7 Å². The molecule has 0 radical (unpaired) electrons. The molecule has 150 valence electrons. The zero-order chi connectivity index (χ0) is 21.2. The third-order valence-corrected chi connectivity index (χ3v) is 5.91. The van der Waals surface area contributed by atoms with Crippen molar-refractivity contribution in [3.05, 3.63) is 71.4 Å². The molecule has 0 aliphatic carbocycles. The first-order chi connectivity index (χ1) is 13.7. The van der Waals surface area contributed by atoms with Crippen LogP contribution in [-0.4, -0.2) is 31.4 Å². The number of nitrogens with two attached hydrogens (primary N) is 1. The van der Waals surface area contributed by atoms with Crippen molar-refractivity contribution >= 4 is 22.0 Å². The highest BCUT2D eigenvalue weighted by Crippen LogP contribution is 2.30. The molecule has 2 N–H and O–H groups in total. The Labute approximate surface area is 169 Å². The summed E-state index contributed by atoms with van der Waals surface area (Å²) in [7, 11) is -3.28. The quantitative estimate of drug-likeness (QED) is 0.605. The fourth-order valence-corrected chi connectivity index (χ4v) is 3.95. The van der Waals surface area contributed by atoms with Gasteiger partial charge in [-0.15, -0.1) is 0 Å². The standard InChI is InChI=1S/C22H22N2O4S/c1-15-14-17(22(23)26)7-11-20(15)24-18(4-3-13-25)8-12-21(24)16-5-9-19(10-6-16)29(2,27)28/h5-14H,3-4H2,1-2H3,(H2,23,26). The van der Waals surface area contributed by atoms with Crippen LogP contribution in [0.15, 0.2) is 59.5 Å². The van der Waals surface area contributed by atoms with Gasteiger partial charge in [0.15, 0.2) is 9.84 Å². The third-order valence-electron chi connectivity index (χ3n) is 4.78. The molecule has 2 aromatic carbocycles. The van der Waals surface area contributed by atoms with E-state index < -0.39 is 15.7 Å². The van der Waals surface area contributed by atoms with Gasteiger partial charge in [0, 0.05) is 29.6 Å². The molecule has 0 unspecified atom stereocenters. The molecule has 3 aromatic rings. The Hall–Kier alpha value is -3.19. The summed E-state index contributed by atoms with van der Waals surface area (Å²) in [4.78, 5) is 22.6. The van der Waals surface area contributed by atoms with Crippen molar-refractivity contribution in [1.82, 2.24) is 4.57 Å². The SMILES string of the molecule is Cc1cc(C(N)=O)ccc1-n1c(CCC=O)ccc1-c1ccc(S(C)(=O)=O)cc1. The van der Waals surface area contributed by atoms with Gasteiger partial charge in [-0.25, -0.2) is 8.42 Å². The molecule has 7 heteroatoms. The van der Waals surface area contributed by atoms with E-state index in [9.17, 15) is 18.0 Å². The van der Waals surface area contributed by atoms with Gasteiger partial charge in [-0.05, 0) is 66.9 Å². The summed E-state index contributed by atoms with van der Waals surface area (Å²) < 4.78 is 25.5. The minimum Gasteiger partial charge on any atom is -0.366 e. The highest BCUT2D eigenvalue weighted by atomic mass is 32.2. The number of primary amides is 1. The summed E-state index contributed by atoms with van der Waals surface area (Å²) in [5.74, 6) is -0.495. The van der Waals surface area contributed by atoms with Crippen LogP contribution in [0.4, 0.5) is 0 Å². The highest BCUT2D eigenvalue weighted by Gasteiger charge is 2.15. The van der Waals surface area contributed by atoms with Gasteiger partial charge in [-0.2, -0.15) is 0 Å². The lowest BCUT2D eigenvalue weighted by molar-refractivity contribution is -0.107. The molecule has 3 rings (SSSR count). The molecule has 6 nitrogen and oxygen atoms in total. The van der Waals surface area contributed by atoms with Crippen molar-refractivity contribution in [2.24, 2.45) is 5.73 Å². The second kappa shape index (κ2) is 8.05. The molecule has 0 atom stereocenters. The van der Waals surface area contributed by atoms with Gasteiger partial charge in [0.25, 0.3) is 0 Å². The summed E-state index contributed by atoms with van der Waals surface area (Å²) in [5, 5.41) is 0. The van der Waals surface area contributed by atoms with Gasteiger partial charge in [0.2, 0.25) is 5.91 Å². The summed E-state index contributed by atoms with van der Waals surface area (Å²) in [6.07, 6.45) is 2.99. The number of carbonyl (C=O) groups excluding carboxylic acids is 2. The van der Waals surface area contributed by atoms with Crippen LogP contribution in [0.3, 0.4) is 0 Å². The molecule has 0 saturated carbocycles. The third kappa shape index (κ3) is 4.30. The molecule has 0 saturated heterocycles. The van der Waals surface area contributed by atoms with E-state index in [-0.39, 0.29) is 4.90 Å². The Balaban J connectivity index is 2.16. The van der Waals surface area contributed by atoms with Crippen molar-refractivity contribution in [3.63, 3.8) is 0 Å². The molecule has 0 fully saturated rings. The van der Waals surface area contributed by atoms with E-state index in [2.05, 4.69) is 0 Å². The molecule has 0 aliphatic heterocycles. The van der Waals surface area contributed by atoms with E-state index in [1.54, 1.807) is 36.4 Å². The number of rotatable bonds is 7. The average Bonchev–Trinajstić information content (AvgIpc) is 3.09. The Morgan fingerprint density at radius 1 is 1.07 bits per heavy atom. The first kappa shape index (κ1) is 20.5. The molecule has 0 bridgehead atoms. The Morgan fingerprint density at radius 3 is 2.31 bits per heavy atom. The van der Waals surface area contributed by atoms with E-state index in [4.69, 9.17) is 5.73 Å². The maximum atomic E-state index is 11.7. The zero-order valence-electron chi connectivity index (χ0n) is 16.3. The first-order valence-electron chi connectivity index (χ1n) is 9.08. The molecule has 1 aromatic heterocycles. The van der Waals surface area contributed by atoms with Gasteiger partial charge in [0.05, 0.1) is 10.6 Å². The van der Waals surface area contributed by atoms with Crippen LogP contribution < -0.4 is 5.73 Å². The topological polar surface area (TPSA) is 99.2 Å².